The Balaban J connectivity index is 1.35. The number of nitrogens with zero attached hydrogens (tertiary/aromatic N) is 2. The smallest absolute Gasteiger partial charge is 0.157 e. The van der Waals surface area contributed by atoms with E-state index in [0.29, 0.717) is 29.3 Å². The van der Waals surface area contributed by atoms with Gasteiger partial charge in [0.25, 0.3) is 0 Å². The lowest BCUT2D eigenvalue weighted by Crippen LogP contribution is -2.56. The number of hydrogen-bond donors (Lipinski definition) is 0. The third-order valence-corrected chi connectivity index (χ3v) is 9.79. The van der Waals surface area contributed by atoms with E-state index in [2.05, 4.69) is 18.9 Å². The molecule has 0 aromatic carbocycles. The summed E-state index contributed by atoms with van der Waals surface area (Å²) < 4.78 is 18.0. The van der Waals surface area contributed by atoms with E-state index in [1.54, 1.807) is 17.1 Å². The molecular formula is C24H34ClFN2O. The predicted molar refractivity (Wildman–Crippen MR) is 112 cm³/mol. The summed E-state index contributed by atoms with van der Waals surface area (Å²) in [5, 5.41) is 4.76. The fourth-order valence-corrected chi connectivity index (χ4v) is 8.38. The summed E-state index contributed by atoms with van der Waals surface area (Å²) in [5.41, 5.74) is -0.912. The monoisotopic (exact) mass is 420 g/mol. The number of ketones is 1. The van der Waals surface area contributed by atoms with E-state index in [-0.39, 0.29) is 29.0 Å². The van der Waals surface area contributed by atoms with E-state index in [9.17, 15) is 4.79 Å². The number of carbonyl (C=O) groups is 1. The van der Waals surface area contributed by atoms with Crippen molar-refractivity contribution in [3.63, 3.8) is 0 Å². The first-order valence-corrected chi connectivity index (χ1v) is 12.1. The molecule has 5 rings (SSSR count). The molecule has 8 atom stereocenters. The van der Waals surface area contributed by atoms with Crippen LogP contribution >= 0.6 is 11.6 Å². The van der Waals surface area contributed by atoms with Crippen molar-refractivity contribution in [3.05, 3.63) is 17.4 Å². The molecule has 1 aromatic rings. The number of Topliss-reactive ketones (excluding diaryl/α,β-unsaturated/α-hetero) is 1. The molecule has 3 nitrogen and oxygen atoms in total. The highest BCUT2D eigenvalue weighted by Gasteiger charge is 2.62. The molecule has 0 spiro atoms. The Morgan fingerprint density at radius 2 is 2.03 bits per heavy atom. The second-order valence-corrected chi connectivity index (χ2v) is 11.4. The average molecular weight is 421 g/mol. The Hall–Kier alpha value is -0.900. The van der Waals surface area contributed by atoms with Gasteiger partial charge in [-0.1, -0.05) is 25.4 Å². The van der Waals surface area contributed by atoms with Crippen molar-refractivity contribution >= 4 is 17.4 Å². The molecule has 2 unspecified atom stereocenters. The molecule has 0 amide bonds. The maximum absolute atomic E-state index is 16.4. The standard InChI is InChI=1S/C24H34ClFN2O/c1-15-7-10-24(26)16(11-15)3-4-18-19-5-6-21(23(19,2)9-8-20(18)24)22(29)14-28-13-17(25)12-27-28/h12-13,15-16,18-21H,3-11,14H2,1-2H3/t15-,16+,18-,19?,20?,21+,23-,24+/m0/s1. The fourth-order valence-electron chi connectivity index (χ4n) is 8.22. The summed E-state index contributed by atoms with van der Waals surface area (Å²) in [7, 11) is 0. The quantitative estimate of drug-likeness (QED) is 0.591. The van der Waals surface area contributed by atoms with Crippen LogP contribution in [0, 0.1) is 40.9 Å². The molecule has 4 aliphatic rings. The number of fused-ring (bicyclic) bond motifs is 5. The van der Waals surface area contributed by atoms with E-state index in [1.807, 2.05) is 0 Å². The third-order valence-electron chi connectivity index (χ3n) is 9.60. The summed E-state index contributed by atoms with van der Waals surface area (Å²) in [5.74, 6) is 2.52. The van der Waals surface area contributed by atoms with Crippen LogP contribution in [0.4, 0.5) is 4.39 Å². The van der Waals surface area contributed by atoms with Crippen LogP contribution in [-0.2, 0) is 11.3 Å². The highest BCUT2D eigenvalue weighted by molar-refractivity contribution is 6.30. The largest absolute Gasteiger partial charge is 0.297 e. The van der Waals surface area contributed by atoms with Gasteiger partial charge in [-0.25, -0.2) is 4.39 Å². The van der Waals surface area contributed by atoms with Crippen molar-refractivity contribution in [1.82, 2.24) is 9.78 Å². The van der Waals surface area contributed by atoms with Gasteiger partial charge in [0.05, 0.1) is 17.8 Å². The van der Waals surface area contributed by atoms with Crippen molar-refractivity contribution in [2.24, 2.45) is 40.9 Å². The zero-order chi connectivity index (χ0) is 20.4. The summed E-state index contributed by atoms with van der Waals surface area (Å²) in [6.45, 7) is 4.93. The summed E-state index contributed by atoms with van der Waals surface area (Å²) in [6.07, 6.45) is 12.4. The zero-order valence-corrected chi connectivity index (χ0v) is 18.5. The van der Waals surface area contributed by atoms with Crippen LogP contribution in [0.5, 0.6) is 0 Å². The Morgan fingerprint density at radius 1 is 1.21 bits per heavy atom. The molecule has 1 heterocycles. The number of aromatic nitrogens is 2. The number of halogens is 2. The summed E-state index contributed by atoms with van der Waals surface area (Å²) in [4.78, 5) is 13.2. The van der Waals surface area contributed by atoms with Gasteiger partial charge in [-0.3, -0.25) is 9.48 Å². The molecule has 160 valence electrons. The molecule has 5 heteroatoms. The van der Waals surface area contributed by atoms with Crippen LogP contribution in [-0.4, -0.2) is 21.2 Å². The van der Waals surface area contributed by atoms with Gasteiger partial charge in [-0.05, 0) is 92.8 Å². The van der Waals surface area contributed by atoms with E-state index < -0.39 is 5.67 Å². The molecule has 0 radical (unpaired) electrons. The van der Waals surface area contributed by atoms with Crippen molar-refractivity contribution in [2.75, 3.05) is 0 Å². The fraction of sp³-hybridized carbons (Fsp3) is 0.833. The van der Waals surface area contributed by atoms with Crippen LogP contribution in [0.15, 0.2) is 12.4 Å². The molecule has 0 bridgehead atoms. The predicted octanol–water partition coefficient (Wildman–Crippen LogP) is 6.10. The van der Waals surface area contributed by atoms with Gasteiger partial charge in [-0.15, -0.1) is 0 Å². The molecule has 4 aliphatic carbocycles. The molecule has 29 heavy (non-hydrogen) atoms. The van der Waals surface area contributed by atoms with Gasteiger partial charge >= 0.3 is 0 Å². The number of alkyl halides is 1. The van der Waals surface area contributed by atoms with E-state index in [1.165, 1.54) is 6.42 Å². The lowest BCUT2D eigenvalue weighted by molar-refractivity contribution is -0.146. The Morgan fingerprint density at radius 3 is 2.79 bits per heavy atom. The van der Waals surface area contributed by atoms with Crippen molar-refractivity contribution in [2.45, 2.75) is 83.8 Å². The highest BCUT2D eigenvalue weighted by Crippen LogP contribution is 2.66. The molecule has 1 aromatic heterocycles. The minimum atomic E-state index is -0.940. The Labute approximate surface area is 178 Å². The minimum Gasteiger partial charge on any atom is -0.297 e. The first-order chi connectivity index (χ1) is 13.8. The van der Waals surface area contributed by atoms with Gasteiger partial charge in [-0.2, -0.15) is 5.10 Å². The average Bonchev–Trinajstić information content (AvgIpc) is 3.24. The molecule has 4 saturated carbocycles. The first-order valence-electron chi connectivity index (χ1n) is 11.7. The van der Waals surface area contributed by atoms with Crippen LogP contribution < -0.4 is 0 Å². The first kappa shape index (κ1) is 20.0. The van der Waals surface area contributed by atoms with Gasteiger partial charge in [0.2, 0.25) is 0 Å². The van der Waals surface area contributed by atoms with E-state index >= 15 is 4.39 Å². The van der Waals surface area contributed by atoms with Gasteiger partial charge in [0.1, 0.15) is 5.67 Å². The number of rotatable bonds is 3. The Kier molecular flexibility index (Phi) is 4.88. The maximum Gasteiger partial charge on any atom is 0.157 e. The normalized spacial score (nSPS) is 46.6. The molecule has 0 aliphatic heterocycles. The molecular weight excluding hydrogens is 387 g/mol. The topological polar surface area (TPSA) is 34.9 Å². The van der Waals surface area contributed by atoms with E-state index in [4.69, 9.17) is 11.6 Å². The third kappa shape index (κ3) is 3.11. The maximum atomic E-state index is 16.4. The van der Waals surface area contributed by atoms with Gasteiger partial charge in [0.15, 0.2) is 5.78 Å². The van der Waals surface area contributed by atoms with Gasteiger partial charge < -0.3 is 0 Å². The number of carbonyl (C=O) groups excluding carboxylic acids is 1. The van der Waals surface area contributed by atoms with Gasteiger partial charge in [0, 0.05) is 12.1 Å². The lowest BCUT2D eigenvalue weighted by atomic mass is 9.48. The van der Waals surface area contributed by atoms with Crippen molar-refractivity contribution in [3.8, 4) is 0 Å². The number of hydrogen-bond acceptors (Lipinski definition) is 2. The van der Waals surface area contributed by atoms with Crippen molar-refractivity contribution < 1.29 is 9.18 Å². The second kappa shape index (κ2) is 7.07. The summed E-state index contributed by atoms with van der Waals surface area (Å²) >= 11 is 5.97. The lowest BCUT2D eigenvalue weighted by Gasteiger charge is -2.58. The van der Waals surface area contributed by atoms with Crippen LogP contribution in [0.25, 0.3) is 0 Å². The highest BCUT2D eigenvalue weighted by atomic mass is 35.5. The second-order valence-electron chi connectivity index (χ2n) is 11.0. The zero-order valence-electron chi connectivity index (χ0n) is 17.7. The van der Waals surface area contributed by atoms with Crippen molar-refractivity contribution in [1.29, 1.82) is 0 Å². The van der Waals surface area contributed by atoms with Crippen LogP contribution in [0.3, 0.4) is 0 Å². The minimum absolute atomic E-state index is 0.0281. The molecule has 4 fully saturated rings. The summed E-state index contributed by atoms with van der Waals surface area (Å²) in [6, 6.07) is 0. The van der Waals surface area contributed by atoms with Crippen LogP contribution in [0.2, 0.25) is 5.02 Å². The van der Waals surface area contributed by atoms with E-state index in [0.717, 1.165) is 51.4 Å². The Bertz CT molecular complexity index is 796. The van der Waals surface area contributed by atoms with Crippen LogP contribution in [0.1, 0.15) is 71.6 Å². The SMILES string of the molecule is C[C@H]1CC[C@]2(F)C3CC[C@@]4(C)C(CC[C@@H]4C(=O)Cn4cc(Cl)cn4)[C@@H]3CC[C@@H]2C1. The molecule has 0 saturated heterocycles. The molecule has 0 N–H and O–H groups in total.